The third-order valence-corrected chi connectivity index (χ3v) is 10.3. The predicted molar refractivity (Wildman–Crippen MR) is 164 cm³/mol. The van der Waals surface area contributed by atoms with Gasteiger partial charge in [0.1, 0.15) is 6.54 Å². The minimum absolute atomic E-state index is 0.0111. The second kappa shape index (κ2) is 12.1. The van der Waals surface area contributed by atoms with Crippen molar-refractivity contribution < 1.29 is 21.6 Å². The van der Waals surface area contributed by atoms with Crippen molar-refractivity contribution in [3.05, 3.63) is 112 Å². The lowest BCUT2D eigenvalue weighted by molar-refractivity contribution is -0.114. The van der Waals surface area contributed by atoms with Crippen molar-refractivity contribution in [3.63, 3.8) is 0 Å². The van der Waals surface area contributed by atoms with Crippen molar-refractivity contribution in [2.45, 2.75) is 30.6 Å². The summed E-state index contributed by atoms with van der Waals surface area (Å²) in [6.45, 7) is 5.02. The van der Waals surface area contributed by atoms with Gasteiger partial charge in [-0.3, -0.25) is 13.8 Å². The maximum Gasteiger partial charge on any atom is 0.264 e. The van der Waals surface area contributed by atoms with Gasteiger partial charge in [0.15, 0.2) is 0 Å². The lowest BCUT2D eigenvalue weighted by Crippen LogP contribution is -2.38. The Morgan fingerprint density at radius 2 is 1.37 bits per heavy atom. The maximum atomic E-state index is 13.6. The second-order valence-electron chi connectivity index (χ2n) is 9.37. The molecule has 0 radical (unpaired) electrons. The fourth-order valence-electron chi connectivity index (χ4n) is 3.89. The van der Waals surface area contributed by atoms with Crippen LogP contribution in [0.5, 0.6) is 0 Å². The molecular weight excluding hydrogens is 605 g/mol. The quantitative estimate of drug-likeness (QED) is 0.217. The molecule has 0 bridgehead atoms. The van der Waals surface area contributed by atoms with Crippen LogP contribution in [0.2, 0.25) is 10.0 Å². The van der Waals surface area contributed by atoms with Crippen molar-refractivity contribution >= 4 is 66.2 Å². The molecule has 214 valence electrons. The Balaban J connectivity index is 1.55. The first-order valence-electron chi connectivity index (χ1n) is 12.3. The van der Waals surface area contributed by atoms with Gasteiger partial charge >= 0.3 is 0 Å². The normalized spacial score (nSPS) is 11.6. The van der Waals surface area contributed by atoms with Crippen LogP contribution in [0.3, 0.4) is 0 Å². The van der Waals surface area contributed by atoms with E-state index in [-0.39, 0.29) is 31.2 Å². The number of halogens is 2. The molecule has 0 saturated carbocycles. The van der Waals surface area contributed by atoms with E-state index >= 15 is 0 Å². The summed E-state index contributed by atoms with van der Waals surface area (Å²) in [4.78, 5) is 13.0. The average molecular weight is 633 g/mol. The largest absolute Gasteiger partial charge is 0.325 e. The van der Waals surface area contributed by atoms with Crippen LogP contribution in [0.25, 0.3) is 0 Å². The summed E-state index contributed by atoms with van der Waals surface area (Å²) in [5.74, 6) is -0.680. The number of nitrogens with zero attached hydrogens (tertiary/aromatic N) is 1. The standard InChI is InChI=1S/C29H27Cl2N3O5S2/c1-19-7-13-25(14-8-19)41(38,39)34(27-6-4-5-26(30)29(27)31)18-28(35)32-22-11-15-24(16-12-22)40(36,37)33-23-10-9-20(2)21(3)17-23/h4-17,33H,18H2,1-3H3,(H,32,35). The van der Waals surface area contributed by atoms with Crippen LogP contribution >= 0.6 is 23.2 Å². The third kappa shape index (κ3) is 7.02. The summed E-state index contributed by atoms with van der Waals surface area (Å²) in [5.41, 5.74) is 3.58. The number of sulfonamides is 2. The van der Waals surface area contributed by atoms with Crippen molar-refractivity contribution in [1.29, 1.82) is 0 Å². The van der Waals surface area contributed by atoms with Gasteiger partial charge in [0.25, 0.3) is 20.0 Å². The average Bonchev–Trinajstić information content (AvgIpc) is 2.91. The molecule has 0 aromatic heterocycles. The number of hydrogen-bond donors (Lipinski definition) is 2. The van der Waals surface area contributed by atoms with Gasteiger partial charge in [-0.25, -0.2) is 16.8 Å². The summed E-state index contributed by atoms with van der Waals surface area (Å²) < 4.78 is 56.4. The molecule has 0 aliphatic heterocycles. The van der Waals surface area contributed by atoms with E-state index < -0.39 is 32.5 Å². The molecule has 4 rings (SSSR count). The molecule has 41 heavy (non-hydrogen) atoms. The molecule has 0 aliphatic rings. The molecule has 8 nitrogen and oxygen atoms in total. The first-order chi connectivity index (χ1) is 19.3. The molecule has 2 N–H and O–H groups in total. The minimum Gasteiger partial charge on any atom is -0.325 e. The maximum absolute atomic E-state index is 13.6. The monoisotopic (exact) mass is 631 g/mol. The van der Waals surface area contributed by atoms with Crippen LogP contribution in [0, 0.1) is 20.8 Å². The second-order valence-corrected chi connectivity index (χ2v) is 13.7. The Labute approximate surface area is 250 Å². The lowest BCUT2D eigenvalue weighted by Gasteiger charge is -2.25. The zero-order chi connectivity index (χ0) is 29.9. The number of nitrogens with one attached hydrogen (secondary N) is 2. The zero-order valence-electron chi connectivity index (χ0n) is 22.4. The highest BCUT2D eigenvalue weighted by Crippen LogP contribution is 2.35. The highest BCUT2D eigenvalue weighted by Gasteiger charge is 2.29. The summed E-state index contributed by atoms with van der Waals surface area (Å²) in [6, 6.07) is 21.4. The number of aryl methyl sites for hydroxylation is 3. The smallest absolute Gasteiger partial charge is 0.264 e. The summed E-state index contributed by atoms with van der Waals surface area (Å²) >= 11 is 12.5. The number of hydrogen-bond acceptors (Lipinski definition) is 5. The molecule has 0 saturated heterocycles. The Morgan fingerprint density at radius 3 is 2.00 bits per heavy atom. The van der Waals surface area contributed by atoms with E-state index in [0.717, 1.165) is 21.0 Å². The molecule has 0 unspecified atom stereocenters. The van der Waals surface area contributed by atoms with Crippen molar-refractivity contribution in [2.24, 2.45) is 0 Å². The van der Waals surface area contributed by atoms with Gasteiger partial charge in [-0.05, 0) is 92.6 Å². The fourth-order valence-corrected chi connectivity index (χ4v) is 6.82. The summed E-state index contributed by atoms with van der Waals surface area (Å²) in [5, 5.41) is 2.71. The van der Waals surface area contributed by atoms with Gasteiger partial charge in [0.05, 0.1) is 25.5 Å². The first kappa shape index (κ1) is 30.4. The number of rotatable bonds is 9. The van der Waals surface area contributed by atoms with Crippen molar-refractivity contribution in [3.8, 4) is 0 Å². The van der Waals surface area contributed by atoms with Gasteiger partial charge in [-0.15, -0.1) is 0 Å². The summed E-state index contributed by atoms with van der Waals surface area (Å²) in [6.07, 6.45) is 0. The Hall–Kier alpha value is -3.57. The molecule has 12 heteroatoms. The van der Waals surface area contributed by atoms with E-state index in [2.05, 4.69) is 10.0 Å². The predicted octanol–water partition coefficient (Wildman–Crippen LogP) is 6.55. The van der Waals surface area contributed by atoms with Crippen LogP contribution in [-0.4, -0.2) is 29.3 Å². The molecule has 0 aliphatic carbocycles. The molecule has 0 heterocycles. The van der Waals surface area contributed by atoms with Crippen LogP contribution in [0.4, 0.5) is 17.1 Å². The molecule has 0 fully saturated rings. The molecular formula is C29H27Cl2N3O5S2. The molecule has 4 aromatic carbocycles. The molecule has 4 aromatic rings. The number of carbonyl (C=O) groups is 1. The number of amides is 1. The Kier molecular flexibility index (Phi) is 8.98. The van der Waals surface area contributed by atoms with Crippen LogP contribution in [0.15, 0.2) is 94.7 Å². The van der Waals surface area contributed by atoms with E-state index in [9.17, 15) is 21.6 Å². The van der Waals surface area contributed by atoms with Gasteiger partial charge < -0.3 is 5.32 Å². The van der Waals surface area contributed by atoms with Gasteiger partial charge in [-0.1, -0.05) is 53.0 Å². The fraction of sp³-hybridized carbons (Fsp3) is 0.138. The van der Waals surface area contributed by atoms with Crippen LogP contribution in [0.1, 0.15) is 16.7 Å². The third-order valence-electron chi connectivity index (χ3n) is 6.30. The van der Waals surface area contributed by atoms with Crippen LogP contribution in [-0.2, 0) is 24.8 Å². The van der Waals surface area contributed by atoms with Gasteiger partial charge in [0.2, 0.25) is 5.91 Å². The van der Waals surface area contributed by atoms with Gasteiger partial charge in [-0.2, -0.15) is 0 Å². The SMILES string of the molecule is Cc1ccc(S(=O)(=O)N(CC(=O)Nc2ccc(S(=O)(=O)Nc3ccc(C)c(C)c3)cc2)c2cccc(Cl)c2Cl)cc1. The Morgan fingerprint density at radius 1 is 0.756 bits per heavy atom. The van der Waals surface area contributed by atoms with Crippen molar-refractivity contribution in [2.75, 3.05) is 20.9 Å². The Bertz CT molecular complexity index is 1810. The highest BCUT2D eigenvalue weighted by molar-refractivity contribution is 7.93. The highest BCUT2D eigenvalue weighted by atomic mass is 35.5. The van der Waals surface area contributed by atoms with Crippen molar-refractivity contribution in [1.82, 2.24) is 0 Å². The van der Waals surface area contributed by atoms with E-state index in [0.29, 0.717) is 5.69 Å². The van der Waals surface area contributed by atoms with Gasteiger partial charge in [0, 0.05) is 11.4 Å². The van der Waals surface area contributed by atoms with E-state index in [4.69, 9.17) is 23.2 Å². The zero-order valence-corrected chi connectivity index (χ0v) is 25.5. The molecule has 1 amide bonds. The minimum atomic E-state index is -4.22. The topological polar surface area (TPSA) is 113 Å². The van der Waals surface area contributed by atoms with Crippen LogP contribution < -0.4 is 14.3 Å². The number of benzene rings is 4. The number of carbonyl (C=O) groups excluding carboxylic acids is 1. The van der Waals surface area contributed by atoms with E-state index in [1.54, 1.807) is 24.3 Å². The molecule has 0 atom stereocenters. The first-order valence-corrected chi connectivity index (χ1v) is 16.0. The van der Waals surface area contributed by atoms with E-state index in [1.807, 2.05) is 26.8 Å². The lowest BCUT2D eigenvalue weighted by atomic mass is 10.1. The summed E-state index contributed by atoms with van der Waals surface area (Å²) in [7, 11) is -8.10. The molecule has 0 spiro atoms. The van der Waals surface area contributed by atoms with E-state index in [1.165, 1.54) is 54.6 Å². The number of anilines is 3.